The molecule has 27 heavy (non-hydrogen) atoms. The Morgan fingerprint density at radius 2 is 1.63 bits per heavy atom. The molecule has 0 aromatic heterocycles. The van der Waals surface area contributed by atoms with Gasteiger partial charge in [-0.25, -0.2) is 0 Å². The van der Waals surface area contributed by atoms with Gasteiger partial charge >= 0.3 is 0 Å². The first-order chi connectivity index (χ1) is 13.1. The molecule has 0 atom stereocenters. The summed E-state index contributed by atoms with van der Waals surface area (Å²) in [5.41, 5.74) is 6.99. The zero-order valence-corrected chi connectivity index (χ0v) is 15.7. The lowest BCUT2D eigenvalue weighted by molar-refractivity contribution is 0.839. The predicted octanol–water partition coefficient (Wildman–Crippen LogP) is 5.88. The second-order valence-corrected chi connectivity index (χ2v) is 7.35. The molecule has 3 aromatic rings. The molecule has 0 unspecified atom stereocenters. The minimum absolute atomic E-state index is 0.446. The molecule has 2 nitrogen and oxygen atoms in total. The molecule has 0 saturated heterocycles. The molecule has 0 aliphatic carbocycles. The molecular weight excluding hydrogens is 328 g/mol. The monoisotopic (exact) mass is 350 g/mol. The number of hydrogen-bond donors (Lipinski definition) is 0. The summed E-state index contributed by atoms with van der Waals surface area (Å²) in [6.07, 6.45) is 5.34. The molecule has 0 amide bonds. The van der Waals surface area contributed by atoms with Crippen molar-refractivity contribution in [2.75, 3.05) is 6.54 Å². The van der Waals surface area contributed by atoms with Gasteiger partial charge in [0.2, 0.25) is 0 Å². The van der Waals surface area contributed by atoms with Crippen LogP contribution in [0.1, 0.15) is 41.7 Å². The van der Waals surface area contributed by atoms with Crippen LogP contribution < -0.4 is 0 Å². The Kier molecular flexibility index (Phi) is 4.60. The molecule has 132 valence electrons. The third kappa shape index (κ3) is 3.55. The van der Waals surface area contributed by atoms with Gasteiger partial charge in [0.1, 0.15) is 0 Å². The molecule has 0 bridgehead atoms. The van der Waals surface area contributed by atoms with Crippen LogP contribution in [0, 0.1) is 17.2 Å². The summed E-state index contributed by atoms with van der Waals surface area (Å²) >= 11 is 0. The average molecular weight is 350 g/mol. The van der Waals surface area contributed by atoms with E-state index < -0.39 is 0 Å². The van der Waals surface area contributed by atoms with Crippen molar-refractivity contribution in [2.45, 2.75) is 20.3 Å². The topological polar surface area (TPSA) is 36.1 Å². The number of aliphatic imine (C=N–C) groups is 1. The fourth-order valence-electron chi connectivity index (χ4n) is 3.66. The summed E-state index contributed by atoms with van der Waals surface area (Å²) in [4.78, 5) is 4.75. The quantitative estimate of drug-likeness (QED) is 0.543. The van der Waals surface area contributed by atoms with Gasteiger partial charge in [-0.1, -0.05) is 56.3 Å². The van der Waals surface area contributed by atoms with E-state index in [1.807, 2.05) is 18.2 Å². The van der Waals surface area contributed by atoms with Crippen molar-refractivity contribution < 1.29 is 0 Å². The summed E-state index contributed by atoms with van der Waals surface area (Å²) in [7, 11) is 0. The molecule has 4 rings (SSSR count). The first kappa shape index (κ1) is 17.2. The highest BCUT2D eigenvalue weighted by Crippen LogP contribution is 2.23. The van der Waals surface area contributed by atoms with Crippen molar-refractivity contribution in [1.29, 1.82) is 5.26 Å². The second-order valence-electron chi connectivity index (χ2n) is 7.35. The van der Waals surface area contributed by atoms with Crippen LogP contribution in [0.4, 0.5) is 0 Å². The average Bonchev–Trinajstić information content (AvgIpc) is 2.71. The predicted molar refractivity (Wildman–Crippen MR) is 114 cm³/mol. The molecule has 0 radical (unpaired) electrons. The highest BCUT2D eigenvalue weighted by Gasteiger charge is 2.16. The largest absolute Gasteiger partial charge is 0.289 e. The van der Waals surface area contributed by atoms with Crippen molar-refractivity contribution >= 4 is 28.6 Å². The van der Waals surface area contributed by atoms with E-state index in [4.69, 9.17) is 10.3 Å². The zero-order valence-electron chi connectivity index (χ0n) is 15.7. The van der Waals surface area contributed by atoms with Crippen LogP contribution in [0.2, 0.25) is 0 Å². The minimum atomic E-state index is 0.446. The maximum atomic E-state index is 9.03. The van der Waals surface area contributed by atoms with E-state index in [2.05, 4.69) is 68.5 Å². The van der Waals surface area contributed by atoms with Crippen LogP contribution in [0.25, 0.3) is 22.9 Å². The molecule has 1 aliphatic rings. The molecule has 0 saturated carbocycles. The Morgan fingerprint density at radius 1 is 0.926 bits per heavy atom. The first-order valence-corrected chi connectivity index (χ1v) is 9.44. The molecule has 0 N–H and O–H groups in total. The van der Waals surface area contributed by atoms with Crippen LogP contribution >= 0.6 is 0 Å². The molecule has 2 heteroatoms. The van der Waals surface area contributed by atoms with Crippen molar-refractivity contribution in [3.63, 3.8) is 0 Å². The molecule has 0 fully saturated rings. The van der Waals surface area contributed by atoms with Crippen molar-refractivity contribution in [3.05, 3.63) is 82.4 Å². The lowest BCUT2D eigenvalue weighted by Gasteiger charge is -2.20. The number of rotatable bonds is 3. The smallest absolute Gasteiger partial charge is 0.0991 e. The SMILES string of the molecule is CC(C)C1=NCCc2ccc(C=Cc3ccc4cc(C#N)ccc4c3)cc21. The lowest BCUT2D eigenvalue weighted by atomic mass is 9.90. The van der Waals surface area contributed by atoms with Gasteiger partial charge in [0.25, 0.3) is 0 Å². The van der Waals surface area contributed by atoms with Crippen molar-refractivity contribution in [2.24, 2.45) is 10.9 Å². The summed E-state index contributed by atoms with van der Waals surface area (Å²) < 4.78 is 0. The van der Waals surface area contributed by atoms with Crippen molar-refractivity contribution in [1.82, 2.24) is 0 Å². The van der Waals surface area contributed by atoms with Crippen LogP contribution in [0.3, 0.4) is 0 Å². The molecular formula is C25H22N2. The lowest BCUT2D eigenvalue weighted by Crippen LogP contribution is -2.18. The standard InChI is InChI=1S/C25H22N2/c1-17(2)25-24-15-19(5-8-21(24)11-12-27-25)4-3-18-6-9-23-14-20(16-26)7-10-22(23)13-18/h3-10,13-15,17H,11-12H2,1-2H3. The number of hydrogen-bond acceptors (Lipinski definition) is 2. The Balaban J connectivity index is 1.64. The van der Waals surface area contributed by atoms with Crippen LogP contribution in [-0.4, -0.2) is 12.3 Å². The van der Waals surface area contributed by atoms with Crippen LogP contribution in [-0.2, 0) is 6.42 Å². The van der Waals surface area contributed by atoms with E-state index in [9.17, 15) is 0 Å². The molecule has 1 aliphatic heterocycles. The van der Waals surface area contributed by atoms with Gasteiger partial charge in [-0.2, -0.15) is 5.26 Å². The van der Waals surface area contributed by atoms with Gasteiger partial charge in [0.15, 0.2) is 0 Å². The van der Waals surface area contributed by atoms with E-state index in [1.165, 1.54) is 22.4 Å². The zero-order chi connectivity index (χ0) is 18.8. The van der Waals surface area contributed by atoms with E-state index in [0.717, 1.165) is 29.3 Å². The minimum Gasteiger partial charge on any atom is -0.289 e. The van der Waals surface area contributed by atoms with E-state index in [-0.39, 0.29) is 0 Å². The van der Waals surface area contributed by atoms with Gasteiger partial charge in [-0.15, -0.1) is 0 Å². The van der Waals surface area contributed by atoms with E-state index >= 15 is 0 Å². The van der Waals surface area contributed by atoms with Crippen molar-refractivity contribution in [3.8, 4) is 6.07 Å². The summed E-state index contributed by atoms with van der Waals surface area (Å²) in [5.74, 6) is 0.446. The Labute approximate surface area is 160 Å². The first-order valence-electron chi connectivity index (χ1n) is 9.44. The number of nitriles is 1. The molecule has 0 spiro atoms. The maximum absolute atomic E-state index is 9.03. The Morgan fingerprint density at radius 3 is 2.41 bits per heavy atom. The van der Waals surface area contributed by atoms with Gasteiger partial charge in [0.05, 0.1) is 11.6 Å². The fourth-order valence-corrected chi connectivity index (χ4v) is 3.66. The van der Waals surface area contributed by atoms with Gasteiger partial charge in [-0.05, 0) is 69.6 Å². The van der Waals surface area contributed by atoms with Gasteiger partial charge in [0, 0.05) is 12.3 Å². The van der Waals surface area contributed by atoms with E-state index in [1.54, 1.807) is 0 Å². The Bertz CT molecular complexity index is 1110. The number of fused-ring (bicyclic) bond motifs is 2. The fraction of sp³-hybridized carbons (Fsp3) is 0.200. The summed E-state index contributed by atoms with van der Waals surface area (Å²) in [6, 6.07) is 21.0. The summed E-state index contributed by atoms with van der Waals surface area (Å²) in [6.45, 7) is 5.33. The molecule has 1 heterocycles. The maximum Gasteiger partial charge on any atom is 0.0991 e. The normalized spacial score (nSPS) is 13.6. The third-order valence-electron chi connectivity index (χ3n) is 5.08. The van der Waals surface area contributed by atoms with Gasteiger partial charge < -0.3 is 0 Å². The van der Waals surface area contributed by atoms with Crippen LogP contribution in [0.15, 0.2) is 59.6 Å². The highest BCUT2D eigenvalue weighted by molar-refractivity contribution is 6.04. The van der Waals surface area contributed by atoms with Crippen LogP contribution in [0.5, 0.6) is 0 Å². The van der Waals surface area contributed by atoms with E-state index in [0.29, 0.717) is 11.5 Å². The second kappa shape index (κ2) is 7.21. The van der Waals surface area contributed by atoms with Gasteiger partial charge in [-0.3, -0.25) is 4.99 Å². The summed E-state index contributed by atoms with van der Waals surface area (Å²) in [5, 5.41) is 11.3. The third-order valence-corrected chi connectivity index (χ3v) is 5.08. The Hall–Kier alpha value is -3.18. The molecule has 3 aromatic carbocycles. The number of benzene rings is 3. The number of nitrogens with zero attached hydrogens (tertiary/aromatic N) is 2. The highest BCUT2D eigenvalue weighted by atomic mass is 14.8.